The van der Waals surface area contributed by atoms with Gasteiger partial charge in [0.1, 0.15) is 0 Å². The van der Waals surface area contributed by atoms with Crippen LogP contribution in [0.5, 0.6) is 0 Å². The van der Waals surface area contributed by atoms with Crippen LogP contribution >= 0.6 is 0 Å². The molecule has 1 aliphatic heterocycles. The SMILES string of the molecule is Cc1cccc(CN2CCN(C(=O)[C@H]3C[C@H]3c3cnn(C)c3)CC2)c1. The van der Waals surface area contributed by atoms with E-state index in [2.05, 4.69) is 46.1 Å². The molecule has 2 heterocycles. The Morgan fingerprint density at radius 1 is 1.24 bits per heavy atom. The molecule has 1 aromatic heterocycles. The zero-order valence-corrected chi connectivity index (χ0v) is 15.1. The van der Waals surface area contributed by atoms with Crippen molar-refractivity contribution in [2.24, 2.45) is 13.0 Å². The van der Waals surface area contributed by atoms with Gasteiger partial charge in [-0.05, 0) is 30.4 Å². The number of aryl methyl sites for hydroxylation is 2. The molecule has 0 unspecified atom stereocenters. The number of carbonyl (C=O) groups is 1. The highest BCUT2D eigenvalue weighted by molar-refractivity contribution is 5.83. The summed E-state index contributed by atoms with van der Waals surface area (Å²) in [5.41, 5.74) is 3.87. The van der Waals surface area contributed by atoms with Crippen LogP contribution in [0.3, 0.4) is 0 Å². The lowest BCUT2D eigenvalue weighted by atomic mass is 10.1. The molecular weight excluding hydrogens is 312 g/mol. The van der Waals surface area contributed by atoms with Crippen LogP contribution in [0.2, 0.25) is 0 Å². The van der Waals surface area contributed by atoms with Gasteiger partial charge < -0.3 is 4.90 Å². The fraction of sp³-hybridized carbons (Fsp3) is 0.500. The fourth-order valence-corrected chi connectivity index (χ4v) is 3.90. The van der Waals surface area contributed by atoms with Crippen molar-refractivity contribution in [1.82, 2.24) is 19.6 Å². The van der Waals surface area contributed by atoms with E-state index >= 15 is 0 Å². The summed E-state index contributed by atoms with van der Waals surface area (Å²) in [4.78, 5) is 17.3. The smallest absolute Gasteiger partial charge is 0.226 e. The van der Waals surface area contributed by atoms with Crippen LogP contribution in [0.4, 0.5) is 0 Å². The minimum atomic E-state index is 0.174. The van der Waals surface area contributed by atoms with Gasteiger partial charge >= 0.3 is 0 Å². The maximum absolute atomic E-state index is 12.7. The van der Waals surface area contributed by atoms with Gasteiger partial charge in [0, 0.05) is 51.9 Å². The first kappa shape index (κ1) is 16.3. The molecule has 1 saturated carbocycles. The maximum atomic E-state index is 12.7. The van der Waals surface area contributed by atoms with Gasteiger partial charge in [-0.15, -0.1) is 0 Å². The molecule has 25 heavy (non-hydrogen) atoms. The van der Waals surface area contributed by atoms with Crippen molar-refractivity contribution < 1.29 is 4.79 Å². The lowest BCUT2D eigenvalue weighted by Crippen LogP contribution is -2.48. The molecule has 5 heteroatoms. The molecule has 2 atom stereocenters. The molecule has 1 saturated heterocycles. The van der Waals surface area contributed by atoms with E-state index in [9.17, 15) is 4.79 Å². The highest BCUT2D eigenvalue weighted by atomic mass is 16.2. The largest absolute Gasteiger partial charge is 0.340 e. The van der Waals surface area contributed by atoms with E-state index in [1.165, 1.54) is 16.7 Å². The van der Waals surface area contributed by atoms with Crippen molar-refractivity contribution in [1.29, 1.82) is 0 Å². The van der Waals surface area contributed by atoms with E-state index in [1.807, 2.05) is 24.1 Å². The van der Waals surface area contributed by atoms with Gasteiger partial charge in [-0.1, -0.05) is 29.8 Å². The second-order valence-corrected chi connectivity index (χ2v) is 7.49. The molecule has 1 aromatic carbocycles. The molecule has 2 aliphatic rings. The molecule has 4 rings (SSSR count). The number of nitrogens with zero attached hydrogens (tertiary/aromatic N) is 4. The Bertz CT molecular complexity index is 761. The predicted molar refractivity (Wildman–Crippen MR) is 97.1 cm³/mol. The zero-order valence-electron chi connectivity index (χ0n) is 15.1. The van der Waals surface area contributed by atoms with Crippen molar-refractivity contribution in [3.63, 3.8) is 0 Å². The van der Waals surface area contributed by atoms with Gasteiger partial charge in [-0.25, -0.2) is 0 Å². The third kappa shape index (κ3) is 3.61. The van der Waals surface area contributed by atoms with Crippen molar-refractivity contribution in [2.45, 2.75) is 25.8 Å². The summed E-state index contributed by atoms with van der Waals surface area (Å²) < 4.78 is 1.82. The second kappa shape index (κ2) is 6.64. The molecule has 0 radical (unpaired) electrons. The topological polar surface area (TPSA) is 41.4 Å². The van der Waals surface area contributed by atoms with Crippen molar-refractivity contribution >= 4 is 5.91 Å². The van der Waals surface area contributed by atoms with Crippen LogP contribution in [-0.4, -0.2) is 51.7 Å². The number of hydrogen-bond donors (Lipinski definition) is 0. The Labute approximate surface area is 149 Å². The molecule has 2 fully saturated rings. The van der Waals surface area contributed by atoms with E-state index in [1.54, 1.807) is 0 Å². The van der Waals surface area contributed by atoms with Gasteiger partial charge in [0.2, 0.25) is 5.91 Å². The molecule has 5 nitrogen and oxygen atoms in total. The molecule has 2 aromatic rings. The first-order valence-corrected chi connectivity index (χ1v) is 9.15. The summed E-state index contributed by atoms with van der Waals surface area (Å²) in [6.45, 7) is 6.73. The fourth-order valence-electron chi connectivity index (χ4n) is 3.90. The molecule has 0 N–H and O–H groups in total. The summed E-state index contributed by atoms with van der Waals surface area (Å²) in [5.74, 6) is 0.892. The third-order valence-corrected chi connectivity index (χ3v) is 5.43. The third-order valence-electron chi connectivity index (χ3n) is 5.43. The van der Waals surface area contributed by atoms with E-state index in [-0.39, 0.29) is 5.92 Å². The predicted octanol–water partition coefficient (Wildman–Crippen LogP) is 2.18. The van der Waals surface area contributed by atoms with Crippen LogP contribution in [-0.2, 0) is 18.4 Å². The lowest BCUT2D eigenvalue weighted by molar-refractivity contribution is -0.134. The van der Waals surface area contributed by atoms with Crippen molar-refractivity contribution in [2.75, 3.05) is 26.2 Å². The van der Waals surface area contributed by atoms with Gasteiger partial charge in [0.25, 0.3) is 0 Å². The number of piperazine rings is 1. The molecule has 132 valence electrons. The van der Waals surface area contributed by atoms with Crippen LogP contribution in [0.1, 0.15) is 29.0 Å². The number of amides is 1. The van der Waals surface area contributed by atoms with Crippen LogP contribution in [0.15, 0.2) is 36.7 Å². The van der Waals surface area contributed by atoms with E-state index in [4.69, 9.17) is 0 Å². The Morgan fingerprint density at radius 3 is 2.72 bits per heavy atom. The van der Waals surface area contributed by atoms with Gasteiger partial charge in [0.05, 0.1) is 6.20 Å². The minimum absolute atomic E-state index is 0.174. The van der Waals surface area contributed by atoms with Crippen LogP contribution in [0, 0.1) is 12.8 Å². The first-order chi connectivity index (χ1) is 12.1. The van der Waals surface area contributed by atoms with Crippen LogP contribution < -0.4 is 0 Å². The maximum Gasteiger partial charge on any atom is 0.226 e. The summed E-state index contributed by atoms with van der Waals surface area (Å²) in [7, 11) is 1.93. The van der Waals surface area contributed by atoms with Crippen molar-refractivity contribution in [3.8, 4) is 0 Å². The molecular formula is C20H26N4O. The molecule has 1 aliphatic carbocycles. The number of benzene rings is 1. The number of rotatable bonds is 4. The Morgan fingerprint density at radius 2 is 2.04 bits per heavy atom. The average Bonchev–Trinajstić information content (AvgIpc) is 3.29. The average molecular weight is 338 g/mol. The standard InChI is InChI=1S/C20H26N4O/c1-15-4-3-5-16(10-15)13-23-6-8-24(9-7-23)20(25)19-11-18(19)17-12-21-22(2)14-17/h3-5,10,12,14,18-19H,6-9,11,13H2,1-2H3/t18-,19-/m0/s1. The zero-order chi connectivity index (χ0) is 17.4. The van der Waals surface area contributed by atoms with E-state index in [0.29, 0.717) is 11.8 Å². The summed E-state index contributed by atoms with van der Waals surface area (Å²) in [6, 6.07) is 8.69. The highest BCUT2D eigenvalue weighted by Crippen LogP contribution is 2.48. The monoisotopic (exact) mass is 338 g/mol. The Balaban J connectivity index is 1.28. The quantitative estimate of drug-likeness (QED) is 0.858. The Kier molecular flexibility index (Phi) is 4.34. The van der Waals surface area contributed by atoms with Crippen LogP contribution in [0.25, 0.3) is 0 Å². The van der Waals surface area contributed by atoms with Gasteiger partial charge in [0.15, 0.2) is 0 Å². The second-order valence-electron chi connectivity index (χ2n) is 7.49. The highest BCUT2D eigenvalue weighted by Gasteiger charge is 2.46. The summed E-state index contributed by atoms with van der Waals surface area (Å²) >= 11 is 0. The van der Waals surface area contributed by atoms with Gasteiger partial charge in [-0.2, -0.15) is 5.10 Å². The number of carbonyl (C=O) groups excluding carboxylic acids is 1. The Hall–Kier alpha value is -2.14. The minimum Gasteiger partial charge on any atom is -0.340 e. The van der Waals surface area contributed by atoms with Crippen molar-refractivity contribution in [3.05, 3.63) is 53.3 Å². The molecule has 0 spiro atoms. The van der Waals surface area contributed by atoms with E-state index < -0.39 is 0 Å². The molecule has 1 amide bonds. The van der Waals surface area contributed by atoms with Gasteiger partial charge in [-0.3, -0.25) is 14.4 Å². The summed E-state index contributed by atoms with van der Waals surface area (Å²) in [6.07, 6.45) is 4.92. The number of aromatic nitrogens is 2. The number of hydrogen-bond acceptors (Lipinski definition) is 3. The first-order valence-electron chi connectivity index (χ1n) is 9.15. The summed E-state index contributed by atoms with van der Waals surface area (Å²) in [5, 5.41) is 4.23. The normalized spacial score (nSPS) is 23.7. The lowest BCUT2D eigenvalue weighted by Gasteiger charge is -2.35. The van der Waals surface area contributed by atoms with E-state index in [0.717, 1.165) is 39.1 Å². The molecule has 0 bridgehead atoms.